The van der Waals surface area contributed by atoms with E-state index in [2.05, 4.69) is 5.32 Å². The molecule has 0 saturated carbocycles. The molecule has 0 aromatic carbocycles. The Hall–Kier alpha value is -0.190. The Morgan fingerprint density at radius 3 is 2.89 bits per heavy atom. The van der Waals surface area contributed by atoms with Crippen molar-refractivity contribution < 1.29 is 0 Å². The zero-order valence-corrected chi connectivity index (χ0v) is 5.95. The van der Waals surface area contributed by atoms with Gasteiger partial charge < -0.3 is 11.1 Å². The van der Waals surface area contributed by atoms with Gasteiger partial charge in [-0.05, 0) is 12.0 Å². The van der Waals surface area contributed by atoms with E-state index in [4.69, 9.17) is 11.5 Å². The average Bonchev–Trinajstić information content (AvgIpc) is 2.16. The summed E-state index contributed by atoms with van der Waals surface area (Å²) in [6.07, 6.45) is 2.64. The Labute approximate surface area is 58.9 Å². The first-order valence-electron chi connectivity index (χ1n) is 2.86. The molecule has 1 heterocycles. The van der Waals surface area contributed by atoms with Crippen molar-refractivity contribution in [1.82, 2.24) is 5.32 Å². The molecule has 0 bridgehead atoms. The second-order valence-corrected chi connectivity index (χ2v) is 3.23. The van der Waals surface area contributed by atoms with Crippen LogP contribution in [0.1, 0.15) is 6.42 Å². The van der Waals surface area contributed by atoms with E-state index < -0.39 is 0 Å². The summed E-state index contributed by atoms with van der Waals surface area (Å²) in [6.45, 7) is 0.623. The molecule has 0 aliphatic carbocycles. The van der Waals surface area contributed by atoms with E-state index in [0.29, 0.717) is 6.54 Å². The van der Waals surface area contributed by atoms with Crippen molar-refractivity contribution in [1.29, 1.82) is 0 Å². The van der Waals surface area contributed by atoms with Gasteiger partial charge in [0.15, 0.2) is 0 Å². The minimum Gasteiger partial charge on any atom is -0.364 e. The van der Waals surface area contributed by atoms with E-state index in [1.165, 1.54) is 0 Å². The normalized spacial score (nSPS) is 32.7. The van der Waals surface area contributed by atoms with Gasteiger partial charge in [0.2, 0.25) is 0 Å². The molecule has 52 valence electrons. The Bertz CT molecular complexity index is 115. The number of nitrogens with one attached hydrogen (secondary N) is 1. The SMILES string of the molecule is NCCC1(N)NC=CS1. The molecule has 1 aliphatic rings. The molecule has 0 aromatic rings. The van der Waals surface area contributed by atoms with Crippen LogP contribution in [0.25, 0.3) is 0 Å². The molecule has 1 aliphatic heterocycles. The largest absolute Gasteiger partial charge is 0.364 e. The van der Waals surface area contributed by atoms with E-state index >= 15 is 0 Å². The van der Waals surface area contributed by atoms with Gasteiger partial charge in [0.05, 0.1) is 0 Å². The van der Waals surface area contributed by atoms with Gasteiger partial charge in [-0.3, -0.25) is 5.73 Å². The molecule has 5 N–H and O–H groups in total. The summed E-state index contributed by atoms with van der Waals surface area (Å²) in [5.74, 6) is 0. The van der Waals surface area contributed by atoms with Crippen molar-refractivity contribution in [3.05, 3.63) is 11.6 Å². The van der Waals surface area contributed by atoms with Crippen LogP contribution in [0.2, 0.25) is 0 Å². The molecular weight excluding hydrogens is 134 g/mol. The summed E-state index contributed by atoms with van der Waals surface area (Å²) < 4.78 is 0. The maximum atomic E-state index is 5.78. The van der Waals surface area contributed by atoms with Gasteiger partial charge in [0.1, 0.15) is 4.99 Å². The lowest BCUT2D eigenvalue weighted by Gasteiger charge is -2.22. The topological polar surface area (TPSA) is 64.1 Å². The minimum absolute atomic E-state index is 0.325. The molecule has 3 nitrogen and oxygen atoms in total. The minimum atomic E-state index is -0.325. The molecule has 4 heteroatoms. The zero-order chi connectivity index (χ0) is 6.74. The monoisotopic (exact) mass is 145 g/mol. The van der Waals surface area contributed by atoms with Crippen molar-refractivity contribution in [2.75, 3.05) is 6.54 Å². The molecule has 1 unspecified atom stereocenters. The number of nitrogens with two attached hydrogens (primary N) is 2. The first kappa shape index (κ1) is 6.92. The van der Waals surface area contributed by atoms with Gasteiger partial charge in [-0.2, -0.15) is 0 Å². The first-order valence-corrected chi connectivity index (χ1v) is 3.74. The van der Waals surface area contributed by atoms with Crippen LogP contribution in [0.15, 0.2) is 11.6 Å². The summed E-state index contributed by atoms with van der Waals surface area (Å²) in [5, 5.41) is 4.95. The van der Waals surface area contributed by atoms with Crippen molar-refractivity contribution >= 4 is 11.8 Å². The third-order valence-electron chi connectivity index (χ3n) is 1.19. The molecule has 1 atom stereocenters. The van der Waals surface area contributed by atoms with Crippen LogP contribution in [0, 0.1) is 0 Å². The highest BCUT2D eigenvalue weighted by molar-refractivity contribution is 8.03. The summed E-state index contributed by atoms with van der Waals surface area (Å²) >= 11 is 1.58. The lowest BCUT2D eigenvalue weighted by Crippen LogP contribution is -2.46. The average molecular weight is 145 g/mol. The smallest absolute Gasteiger partial charge is 0.139 e. The van der Waals surface area contributed by atoms with E-state index in [1.54, 1.807) is 11.8 Å². The fourth-order valence-corrected chi connectivity index (χ4v) is 1.46. The second kappa shape index (κ2) is 2.60. The second-order valence-electron chi connectivity index (χ2n) is 1.99. The number of hydrogen-bond donors (Lipinski definition) is 3. The summed E-state index contributed by atoms with van der Waals surface area (Å²) in [6, 6.07) is 0. The third kappa shape index (κ3) is 1.61. The predicted octanol–water partition coefficient (Wildman–Crippen LogP) is -0.245. The van der Waals surface area contributed by atoms with Gasteiger partial charge in [-0.1, -0.05) is 11.8 Å². The highest BCUT2D eigenvalue weighted by Crippen LogP contribution is 2.25. The van der Waals surface area contributed by atoms with Crippen molar-refractivity contribution in [2.24, 2.45) is 11.5 Å². The number of thioether (sulfide) groups is 1. The summed E-state index contributed by atoms with van der Waals surface area (Å²) in [4.78, 5) is -0.325. The van der Waals surface area contributed by atoms with E-state index in [1.807, 2.05) is 11.6 Å². The van der Waals surface area contributed by atoms with Crippen LogP contribution in [-0.4, -0.2) is 11.5 Å². The van der Waals surface area contributed by atoms with E-state index in [9.17, 15) is 0 Å². The van der Waals surface area contributed by atoms with Gasteiger partial charge in [0.25, 0.3) is 0 Å². The van der Waals surface area contributed by atoms with Crippen LogP contribution < -0.4 is 16.8 Å². The number of rotatable bonds is 2. The molecule has 0 saturated heterocycles. The zero-order valence-electron chi connectivity index (χ0n) is 5.13. The fraction of sp³-hybridized carbons (Fsp3) is 0.600. The van der Waals surface area contributed by atoms with Gasteiger partial charge in [0, 0.05) is 12.6 Å². The Morgan fingerprint density at radius 1 is 1.67 bits per heavy atom. The van der Waals surface area contributed by atoms with Gasteiger partial charge in [-0.15, -0.1) is 0 Å². The summed E-state index contributed by atoms with van der Waals surface area (Å²) in [7, 11) is 0. The van der Waals surface area contributed by atoms with Crippen LogP contribution in [0.5, 0.6) is 0 Å². The quantitative estimate of drug-likeness (QED) is 0.501. The molecule has 0 amide bonds. The molecule has 0 spiro atoms. The van der Waals surface area contributed by atoms with Crippen LogP contribution in [-0.2, 0) is 0 Å². The Balaban J connectivity index is 2.36. The van der Waals surface area contributed by atoms with Gasteiger partial charge >= 0.3 is 0 Å². The molecule has 1 rings (SSSR count). The lowest BCUT2D eigenvalue weighted by atomic mass is 10.3. The van der Waals surface area contributed by atoms with Crippen molar-refractivity contribution in [3.8, 4) is 0 Å². The standard InChI is InChI=1S/C5H11N3S/c6-2-1-5(7)8-3-4-9-5/h3-4,8H,1-2,6-7H2. The maximum Gasteiger partial charge on any atom is 0.139 e. The van der Waals surface area contributed by atoms with Crippen LogP contribution in [0.4, 0.5) is 0 Å². The lowest BCUT2D eigenvalue weighted by molar-refractivity contribution is 0.526. The molecule has 0 aromatic heterocycles. The third-order valence-corrected chi connectivity index (χ3v) is 2.20. The van der Waals surface area contributed by atoms with Crippen molar-refractivity contribution in [2.45, 2.75) is 11.4 Å². The van der Waals surface area contributed by atoms with Gasteiger partial charge in [-0.25, -0.2) is 0 Å². The Kier molecular flexibility index (Phi) is 2.00. The summed E-state index contributed by atoms with van der Waals surface area (Å²) in [5.41, 5.74) is 11.1. The molecular formula is C5H11N3S. The van der Waals surface area contributed by atoms with E-state index in [0.717, 1.165) is 6.42 Å². The first-order chi connectivity index (χ1) is 4.27. The number of hydrogen-bond acceptors (Lipinski definition) is 4. The Morgan fingerprint density at radius 2 is 2.44 bits per heavy atom. The fourth-order valence-electron chi connectivity index (χ4n) is 0.710. The molecule has 0 fully saturated rings. The molecule has 9 heavy (non-hydrogen) atoms. The van der Waals surface area contributed by atoms with Crippen LogP contribution in [0.3, 0.4) is 0 Å². The predicted molar refractivity (Wildman–Crippen MR) is 40.5 cm³/mol. The highest BCUT2D eigenvalue weighted by atomic mass is 32.2. The van der Waals surface area contributed by atoms with Crippen molar-refractivity contribution in [3.63, 3.8) is 0 Å². The highest BCUT2D eigenvalue weighted by Gasteiger charge is 2.24. The van der Waals surface area contributed by atoms with Crippen LogP contribution >= 0.6 is 11.8 Å². The molecule has 0 radical (unpaired) electrons. The van der Waals surface area contributed by atoms with E-state index in [-0.39, 0.29) is 4.99 Å². The maximum absolute atomic E-state index is 5.78.